The molecule has 1 aliphatic heterocycles. The molecule has 3 aromatic rings. The number of benzene rings is 1. The van der Waals surface area contributed by atoms with Crippen molar-refractivity contribution in [1.29, 1.82) is 0 Å². The van der Waals surface area contributed by atoms with Gasteiger partial charge in [0.2, 0.25) is 10.0 Å². The lowest BCUT2D eigenvalue weighted by Gasteiger charge is -2.31. The van der Waals surface area contributed by atoms with E-state index in [0.717, 1.165) is 29.7 Å². The summed E-state index contributed by atoms with van der Waals surface area (Å²) in [7, 11) is -3.42. The molecular weight excluding hydrogens is 336 g/mol. The summed E-state index contributed by atoms with van der Waals surface area (Å²) in [6, 6.07) is 10.9. The Hall–Kier alpha value is -2.25. The van der Waals surface area contributed by atoms with Crippen LogP contribution in [0.5, 0.6) is 0 Å². The van der Waals surface area contributed by atoms with E-state index in [1.807, 2.05) is 35.7 Å². The smallest absolute Gasteiger partial charge is 0.237 e. The van der Waals surface area contributed by atoms with Crippen molar-refractivity contribution in [1.82, 2.24) is 18.9 Å². The molecule has 0 amide bonds. The topological polar surface area (TPSA) is 67.6 Å². The molecule has 0 radical (unpaired) electrons. The minimum Gasteiger partial charge on any atom is -0.237 e. The molecule has 0 unspecified atom stereocenters. The highest BCUT2D eigenvalue weighted by Gasteiger charge is 2.30. The maximum Gasteiger partial charge on any atom is 0.243 e. The third-order valence-corrected chi connectivity index (χ3v) is 6.76. The van der Waals surface area contributed by atoms with Crippen LogP contribution in [0.15, 0.2) is 53.7 Å². The molecule has 0 N–H and O–H groups in total. The van der Waals surface area contributed by atoms with Crippen molar-refractivity contribution in [3.8, 4) is 0 Å². The molecule has 1 saturated heterocycles. The molecule has 3 heterocycles. The average molecular weight is 356 g/mol. The second-order valence-corrected chi connectivity index (χ2v) is 8.40. The fourth-order valence-electron chi connectivity index (χ4n) is 3.41. The Balaban J connectivity index is 1.53. The summed E-state index contributed by atoms with van der Waals surface area (Å²) in [6.45, 7) is 2.99. The highest BCUT2D eigenvalue weighted by molar-refractivity contribution is 7.89. The molecule has 130 valence electrons. The Morgan fingerprint density at radius 3 is 2.44 bits per heavy atom. The van der Waals surface area contributed by atoms with Gasteiger partial charge in [0.05, 0.1) is 11.1 Å². The summed E-state index contributed by atoms with van der Waals surface area (Å²) in [5, 5.41) is 4.34. The van der Waals surface area contributed by atoms with Gasteiger partial charge < -0.3 is 0 Å². The number of piperidine rings is 1. The number of fused-ring (bicyclic) bond motifs is 1. The Bertz CT molecular complexity index is 987. The van der Waals surface area contributed by atoms with Gasteiger partial charge in [-0.05, 0) is 38.0 Å². The van der Waals surface area contributed by atoms with Crippen molar-refractivity contribution in [3.63, 3.8) is 0 Å². The number of aryl methyl sites for hydroxylation is 1. The fraction of sp³-hybridized carbons (Fsp3) is 0.333. The van der Waals surface area contributed by atoms with Crippen LogP contribution in [0.2, 0.25) is 0 Å². The number of aromatic nitrogens is 3. The lowest BCUT2D eigenvalue weighted by Crippen LogP contribution is -2.38. The van der Waals surface area contributed by atoms with Gasteiger partial charge in [-0.1, -0.05) is 17.7 Å². The highest BCUT2D eigenvalue weighted by atomic mass is 32.2. The number of sulfonamides is 1. The molecule has 4 rings (SSSR count). The minimum atomic E-state index is -3.42. The first-order valence-corrected chi connectivity index (χ1v) is 9.85. The van der Waals surface area contributed by atoms with E-state index in [0.29, 0.717) is 18.0 Å². The van der Waals surface area contributed by atoms with Gasteiger partial charge >= 0.3 is 0 Å². The van der Waals surface area contributed by atoms with Crippen LogP contribution < -0.4 is 0 Å². The molecule has 7 heteroatoms. The summed E-state index contributed by atoms with van der Waals surface area (Å²) >= 11 is 0. The fourth-order valence-corrected chi connectivity index (χ4v) is 4.88. The van der Waals surface area contributed by atoms with Crippen molar-refractivity contribution in [2.24, 2.45) is 0 Å². The Morgan fingerprint density at radius 2 is 1.72 bits per heavy atom. The van der Waals surface area contributed by atoms with Crippen LogP contribution in [0, 0.1) is 6.92 Å². The third kappa shape index (κ3) is 2.94. The van der Waals surface area contributed by atoms with Gasteiger partial charge in [0, 0.05) is 37.0 Å². The van der Waals surface area contributed by atoms with Crippen molar-refractivity contribution in [2.45, 2.75) is 30.6 Å². The molecule has 0 aliphatic carbocycles. The molecule has 0 bridgehead atoms. The molecular formula is C18H20N4O2S. The van der Waals surface area contributed by atoms with E-state index in [9.17, 15) is 8.42 Å². The van der Waals surface area contributed by atoms with E-state index in [4.69, 9.17) is 0 Å². The van der Waals surface area contributed by atoms with Crippen LogP contribution in [0.4, 0.5) is 0 Å². The monoisotopic (exact) mass is 356 g/mol. The van der Waals surface area contributed by atoms with E-state index >= 15 is 0 Å². The summed E-state index contributed by atoms with van der Waals surface area (Å²) in [5.41, 5.74) is 2.98. The molecule has 0 spiro atoms. The number of rotatable bonds is 3. The van der Waals surface area contributed by atoms with E-state index in [1.165, 1.54) is 0 Å². The average Bonchev–Trinajstić information content (AvgIpc) is 3.11. The van der Waals surface area contributed by atoms with Crippen LogP contribution in [0.3, 0.4) is 0 Å². The molecule has 2 aromatic heterocycles. The highest BCUT2D eigenvalue weighted by Crippen LogP contribution is 2.30. The van der Waals surface area contributed by atoms with Crippen LogP contribution in [-0.4, -0.2) is 40.4 Å². The van der Waals surface area contributed by atoms with Gasteiger partial charge in [0.15, 0.2) is 5.65 Å². The molecule has 1 aromatic carbocycles. The quantitative estimate of drug-likeness (QED) is 0.723. The molecule has 0 saturated carbocycles. The summed E-state index contributed by atoms with van der Waals surface area (Å²) in [5.74, 6) is 0.287. The van der Waals surface area contributed by atoms with Gasteiger partial charge in [-0.2, -0.15) is 9.40 Å². The maximum absolute atomic E-state index is 12.8. The molecule has 0 atom stereocenters. The van der Waals surface area contributed by atoms with E-state index < -0.39 is 10.0 Å². The van der Waals surface area contributed by atoms with Crippen LogP contribution in [0.25, 0.3) is 5.65 Å². The van der Waals surface area contributed by atoms with Crippen LogP contribution in [-0.2, 0) is 10.0 Å². The van der Waals surface area contributed by atoms with Gasteiger partial charge in [-0.15, -0.1) is 0 Å². The number of hydrogen-bond acceptors (Lipinski definition) is 4. The van der Waals surface area contributed by atoms with E-state index in [2.05, 4.69) is 10.1 Å². The first kappa shape index (κ1) is 16.2. The predicted octanol–water partition coefficient (Wildman–Crippen LogP) is 2.61. The van der Waals surface area contributed by atoms with Gasteiger partial charge in [-0.25, -0.2) is 17.9 Å². The van der Waals surface area contributed by atoms with Crippen molar-refractivity contribution >= 4 is 15.7 Å². The largest absolute Gasteiger partial charge is 0.243 e. The Labute approximate surface area is 147 Å². The zero-order valence-electron chi connectivity index (χ0n) is 14.0. The third-order valence-electron chi connectivity index (χ3n) is 4.85. The van der Waals surface area contributed by atoms with Crippen molar-refractivity contribution in [3.05, 3.63) is 60.0 Å². The molecule has 25 heavy (non-hydrogen) atoms. The predicted molar refractivity (Wildman–Crippen MR) is 94.9 cm³/mol. The van der Waals surface area contributed by atoms with E-state index in [-0.39, 0.29) is 5.92 Å². The molecule has 6 nitrogen and oxygen atoms in total. The van der Waals surface area contributed by atoms with Crippen LogP contribution in [0.1, 0.15) is 30.0 Å². The Kier molecular flexibility index (Phi) is 4.05. The minimum absolute atomic E-state index is 0.287. The number of hydrogen-bond donors (Lipinski definition) is 0. The lowest BCUT2D eigenvalue weighted by atomic mass is 9.94. The zero-order chi connectivity index (χ0) is 17.4. The Morgan fingerprint density at radius 1 is 1.00 bits per heavy atom. The second kappa shape index (κ2) is 6.24. The summed E-state index contributed by atoms with van der Waals surface area (Å²) < 4.78 is 29.1. The maximum atomic E-state index is 12.8. The first-order chi connectivity index (χ1) is 12.1. The van der Waals surface area contributed by atoms with Gasteiger partial charge in [-0.3, -0.25) is 0 Å². The lowest BCUT2D eigenvalue weighted by molar-refractivity contribution is 0.314. The summed E-state index contributed by atoms with van der Waals surface area (Å²) in [6.07, 6.45) is 5.10. The van der Waals surface area contributed by atoms with Gasteiger partial charge in [0.1, 0.15) is 0 Å². The second-order valence-electron chi connectivity index (χ2n) is 6.46. The summed E-state index contributed by atoms with van der Waals surface area (Å²) in [4.78, 5) is 4.66. The SMILES string of the molecule is Cc1ccc(S(=O)(=O)N2CCC(c3ccnc4ccnn34)CC2)cc1. The molecule has 1 fully saturated rings. The first-order valence-electron chi connectivity index (χ1n) is 8.41. The van der Waals surface area contributed by atoms with Crippen LogP contribution >= 0.6 is 0 Å². The van der Waals surface area contributed by atoms with E-state index in [1.54, 1.807) is 28.8 Å². The number of nitrogens with zero attached hydrogens (tertiary/aromatic N) is 4. The standard InChI is InChI=1S/C18H20N4O2S/c1-14-2-4-16(5-3-14)25(23,24)21-12-8-15(9-13-21)17-6-10-19-18-7-11-20-22(17)18/h2-7,10-11,15H,8-9,12-13H2,1H3. The zero-order valence-corrected chi connectivity index (χ0v) is 14.9. The normalized spacial score (nSPS) is 17.2. The van der Waals surface area contributed by atoms with Crippen molar-refractivity contribution in [2.75, 3.05) is 13.1 Å². The molecule has 1 aliphatic rings. The van der Waals surface area contributed by atoms with Crippen molar-refractivity contribution < 1.29 is 8.42 Å². The van der Waals surface area contributed by atoms with Gasteiger partial charge in [0.25, 0.3) is 0 Å².